The maximum Gasteiger partial charge on any atom is 0.271 e. The molecule has 1 aromatic carbocycles. The highest BCUT2D eigenvalue weighted by Crippen LogP contribution is 2.50. The van der Waals surface area contributed by atoms with E-state index in [1.54, 1.807) is 0 Å². The van der Waals surface area contributed by atoms with Crippen molar-refractivity contribution in [3.63, 3.8) is 0 Å². The van der Waals surface area contributed by atoms with Gasteiger partial charge in [-0.1, -0.05) is 0 Å². The van der Waals surface area contributed by atoms with Gasteiger partial charge >= 0.3 is 0 Å². The Hall–Kier alpha value is -3.69. The molecule has 1 aliphatic carbocycles. The van der Waals surface area contributed by atoms with E-state index in [4.69, 9.17) is 0 Å². The smallest absolute Gasteiger partial charge is 0.271 e. The number of amides is 3. The number of carbonyl (C=O) groups is 3. The van der Waals surface area contributed by atoms with Gasteiger partial charge in [0.1, 0.15) is 23.6 Å². The molecule has 0 unspecified atom stereocenters. The average Bonchev–Trinajstić information content (AvgIpc) is 3.54. The lowest BCUT2D eigenvalue weighted by atomic mass is 9.90. The highest BCUT2D eigenvalue weighted by atomic mass is 19.3. The number of aromatic amines is 1. The van der Waals surface area contributed by atoms with Crippen LogP contribution in [0.4, 0.5) is 22.0 Å². The van der Waals surface area contributed by atoms with Crippen LogP contribution < -0.4 is 10.6 Å². The van der Waals surface area contributed by atoms with E-state index in [-0.39, 0.29) is 35.5 Å². The molecule has 5 atom stereocenters. The van der Waals surface area contributed by atoms with Gasteiger partial charge in [-0.15, -0.1) is 0 Å². The third-order valence-electron chi connectivity index (χ3n) is 8.03. The Morgan fingerprint density at radius 2 is 2.03 bits per heavy atom. The number of H-pyrrole nitrogens is 1. The lowest BCUT2D eigenvalue weighted by molar-refractivity contribution is -0.129. The van der Waals surface area contributed by atoms with Gasteiger partial charge in [0.15, 0.2) is 0 Å². The van der Waals surface area contributed by atoms with Gasteiger partial charge in [0.05, 0.1) is 11.6 Å². The molecular weight excluding hydrogens is 525 g/mol. The molecule has 0 radical (unpaired) electrons. The number of carbonyl (C=O) groups excluding carboxylic acids is 3. The average molecular weight is 552 g/mol. The third kappa shape index (κ3) is 5.04. The van der Waals surface area contributed by atoms with Crippen molar-refractivity contribution in [2.75, 3.05) is 13.1 Å². The second kappa shape index (κ2) is 10.1. The Morgan fingerprint density at radius 1 is 1.26 bits per heavy atom. The zero-order valence-electron chi connectivity index (χ0n) is 20.7. The standard InChI is InChI=1S/C26H26F5N5O3/c27-18-4-3-15(22(28)29)20-16(18)7-19(35-20)25(39)36-11-13-8-26(30,31)9-17(13)21(36)24(38)34-14(10-32)6-12-2-1-5-33-23(12)37/h3-4,7,12-14,17,21-22,35H,1-2,5-6,8-9,11H2,(H,33,37)(H,34,38)/t12-,13-,14-,17-,21-/m0/s1. The van der Waals surface area contributed by atoms with Gasteiger partial charge in [-0.2, -0.15) is 5.26 Å². The normalized spacial score (nSPS) is 26.8. The molecule has 208 valence electrons. The van der Waals surface area contributed by atoms with Crippen LogP contribution in [0, 0.1) is 34.9 Å². The minimum atomic E-state index is -3.03. The second-order valence-corrected chi connectivity index (χ2v) is 10.6. The van der Waals surface area contributed by atoms with Crippen LogP contribution in [0.1, 0.15) is 54.6 Å². The number of aromatic nitrogens is 1. The number of nitriles is 1. The van der Waals surface area contributed by atoms with E-state index >= 15 is 0 Å². The fraction of sp³-hybridized carbons (Fsp3) is 0.538. The maximum absolute atomic E-state index is 14.4. The lowest BCUT2D eigenvalue weighted by Gasteiger charge is -2.29. The lowest BCUT2D eigenvalue weighted by Crippen LogP contribution is -2.52. The topological polar surface area (TPSA) is 118 Å². The van der Waals surface area contributed by atoms with E-state index in [1.165, 1.54) is 0 Å². The van der Waals surface area contributed by atoms with Crippen LogP contribution in [0.2, 0.25) is 0 Å². The minimum absolute atomic E-state index is 0.0245. The molecule has 3 aliphatic rings. The number of hydrogen-bond donors (Lipinski definition) is 3. The van der Waals surface area contributed by atoms with Crippen molar-refractivity contribution in [1.29, 1.82) is 5.26 Å². The predicted octanol–water partition coefficient (Wildman–Crippen LogP) is 3.66. The summed E-state index contributed by atoms with van der Waals surface area (Å²) in [6.07, 6.45) is -2.86. The highest BCUT2D eigenvalue weighted by Gasteiger charge is 2.58. The van der Waals surface area contributed by atoms with Crippen molar-refractivity contribution in [1.82, 2.24) is 20.5 Å². The van der Waals surface area contributed by atoms with Crippen molar-refractivity contribution in [3.05, 3.63) is 35.3 Å². The summed E-state index contributed by atoms with van der Waals surface area (Å²) in [5.41, 5.74) is -1.05. The molecule has 3 amide bonds. The van der Waals surface area contributed by atoms with Gasteiger partial charge < -0.3 is 20.5 Å². The number of nitrogens with zero attached hydrogens (tertiary/aromatic N) is 2. The molecular formula is C26H26F5N5O3. The van der Waals surface area contributed by atoms with Crippen molar-refractivity contribution in [2.24, 2.45) is 17.8 Å². The van der Waals surface area contributed by atoms with Gasteiger partial charge in [-0.3, -0.25) is 14.4 Å². The van der Waals surface area contributed by atoms with Gasteiger partial charge in [-0.25, -0.2) is 22.0 Å². The van der Waals surface area contributed by atoms with E-state index in [2.05, 4.69) is 15.6 Å². The molecule has 39 heavy (non-hydrogen) atoms. The van der Waals surface area contributed by atoms with E-state index in [9.17, 15) is 41.6 Å². The molecule has 3 heterocycles. The Morgan fingerprint density at radius 3 is 2.72 bits per heavy atom. The number of nitrogens with one attached hydrogen (secondary N) is 3. The molecule has 1 saturated carbocycles. The van der Waals surface area contributed by atoms with Gasteiger partial charge in [0.2, 0.25) is 17.7 Å². The van der Waals surface area contributed by atoms with Crippen LogP contribution in [0.3, 0.4) is 0 Å². The zero-order valence-corrected chi connectivity index (χ0v) is 20.7. The number of likely N-dealkylation sites (tertiary alicyclic amines) is 1. The Labute approximate surface area is 219 Å². The van der Waals surface area contributed by atoms with Crippen molar-refractivity contribution in [3.8, 4) is 6.07 Å². The molecule has 3 fully saturated rings. The molecule has 1 aromatic heterocycles. The van der Waals surface area contributed by atoms with Crippen LogP contribution in [0.25, 0.3) is 10.9 Å². The third-order valence-corrected chi connectivity index (χ3v) is 8.03. The first-order chi connectivity index (χ1) is 18.5. The minimum Gasteiger partial charge on any atom is -0.356 e. The van der Waals surface area contributed by atoms with Gasteiger partial charge in [0.25, 0.3) is 12.3 Å². The first-order valence-corrected chi connectivity index (χ1v) is 12.7. The summed E-state index contributed by atoms with van der Waals surface area (Å²) in [5.74, 6) is -7.86. The van der Waals surface area contributed by atoms with E-state index in [0.29, 0.717) is 19.4 Å². The van der Waals surface area contributed by atoms with Gasteiger partial charge in [-0.05, 0) is 49.3 Å². The van der Waals surface area contributed by atoms with E-state index < -0.39 is 78.2 Å². The van der Waals surface area contributed by atoms with Crippen LogP contribution in [-0.2, 0) is 9.59 Å². The van der Waals surface area contributed by atoms with Crippen LogP contribution in [0.15, 0.2) is 18.2 Å². The second-order valence-electron chi connectivity index (χ2n) is 10.6. The monoisotopic (exact) mass is 551 g/mol. The molecule has 2 saturated heterocycles. The van der Waals surface area contributed by atoms with Crippen LogP contribution in [-0.4, -0.2) is 58.7 Å². The largest absolute Gasteiger partial charge is 0.356 e. The number of hydrogen-bond acceptors (Lipinski definition) is 4. The summed E-state index contributed by atoms with van der Waals surface area (Å²) < 4.78 is 69.9. The van der Waals surface area contributed by atoms with E-state index in [0.717, 1.165) is 23.1 Å². The number of halogens is 5. The summed E-state index contributed by atoms with van der Waals surface area (Å²) in [4.78, 5) is 42.7. The zero-order chi connectivity index (χ0) is 28.1. The molecule has 8 nitrogen and oxygen atoms in total. The summed E-state index contributed by atoms with van der Waals surface area (Å²) >= 11 is 0. The Bertz CT molecular complexity index is 1360. The first-order valence-electron chi connectivity index (χ1n) is 12.7. The molecule has 0 spiro atoms. The van der Waals surface area contributed by atoms with E-state index in [1.807, 2.05) is 6.07 Å². The summed E-state index contributed by atoms with van der Waals surface area (Å²) in [5, 5.41) is 14.6. The Kier molecular flexibility index (Phi) is 6.99. The maximum atomic E-state index is 14.4. The van der Waals surface area contributed by atoms with Crippen molar-refractivity contribution < 1.29 is 36.3 Å². The molecule has 2 aromatic rings. The SMILES string of the molecule is N#C[C@H](C[C@@H]1CCCNC1=O)NC(=O)[C@@H]1[C@H]2CC(F)(F)C[C@H]2CN1C(=O)c1cc2c(F)ccc(C(F)F)c2[nH]1. The number of fused-ring (bicyclic) bond motifs is 2. The summed E-state index contributed by atoms with van der Waals surface area (Å²) in [6.45, 7) is 0.324. The molecule has 3 N–H and O–H groups in total. The molecule has 13 heteroatoms. The molecule has 0 bridgehead atoms. The summed E-state index contributed by atoms with van der Waals surface area (Å²) in [6, 6.07) is 2.30. The molecule has 2 aliphatic heterocycles. The Balaban J connectivity index is 1.42. The number of alkyl halides is 4. The van der Waals surface area contributed by atoms with Crippen molar-refractivity contribution in [2.45, 2.75) is 56.5 Å². The fourth-order valence-corrected chi connectivity index (χ4v) is 6.25. The fourth-order valence-electron chi connectivity index (χ4n) is 6.25. The quantitative estimate of drug-likeness (QED) is 0.475. The van der Waals surface area contributed by atoms with Crippen LogP contribution in [0.5, 0.6) is 0 Å². The van der Waals surface area contributed by atoms with Crippen LogP contribution >= 0.6 is 0 Å². The predicted molar refractivity (Wildman–Crippen MR) is 127 cm³/mol. The number of rotatable bonds is 6. The highest BCUT2D eigenvalue weighted by molar-refractivity contribution is 6.01. The number of piperidine rings is 1. The van der Waals surface area contributed by atoms with Gasteiger partial charge in [0, 0.05) is 42.8 Å². The number of benzene rings is 1. The summed E-state index contributed by atoms with van der Waals surface area (Å²) in [7, 11) is 0. The molecule has 5 rings (SSSR count). The first kappa shape index (κ1) is 26.9. The van der Waals surface area contributed by atoms with Crippen molar-refractivity contribution >= 4 is 28.6 Å².